The van der Waals surface area contributed by atoms with E-state index in [0.29, 0.717) is 12.4 Å². The third-order valence-corrected chi connectivity index (χ3v) is 2.76. The molecule has 94 valence electrons. The largest absolute Gasteiger partial charge is 0.449 e. The van der Waals surface area contributed by atoms with Crippen LogP contribution in [0.5, 0.6) is 0 Å². The Morgan fingerprint density at radius 1 is 1.59 bits per heavy atom. The number of carbonyl (C=O) groups is 1. The van der Waals surface area contributed by atoms with E-state index in [4.69, 9.17) is 4.74 Å². The topological polar surface area (TPSA) is 79.0 Å². The molecule has 1 aliphatic heterocycles. The van der Waals surface area contributed by atoms with Gasteiger partial charge < -0.3 is 10.1 Å². The van der Waals surface area contributed by atoms with Crippen LogP contribution in [-0.4, -0.2) is 29.4 Å². The molecule has 0 radical (unpaired) electrons. The van der Waals surface area contributed by atoms with Crippen molar-refractivity contribution >= 4 is 11.9 Å². The van der Waals surface area contributed by atoms with Crippen molar-refractivity contribution in [1.29, 1.82) is 0 Å². The Morgan fingerprint density at radius 2 is 2.47 bits per heavy atom. The van der Waals surface area contributed by atoms with Gasteiger partial charge in [-0.3, -0.25) is 10.4 Å². The summed E-state index contributed by atoms with van der Waals surface area (Å²) in [6.45, 7) is 4.18. The van der Waals surface area contributed by atoms with Crippen molar-refractivity contribution in [1.82, 2.24) is 15.5 Å². The number of carbonyl (C=O) groups excluding carboxylic acids is 1. The third-order valence-electron chi connectivity index (χ3n) is 2.76. The molecular formula is C11H18N4O2. The fourth-order valence-electron chi connectivity index (χ4n) is 1.77. The number of nitrogens with one attached hydrogen (secondary N) is 3. The van der Waals surface area contributed by atoms with Crippen molar-refractivity contribution < 1.29 is 9.53 Å². The number of hydrogen-bond acceptors (Lipinski definition) is 4. The predicted octanol–water partition coefficient (Wildman–Crippen LogP) is 1.40. The molecule has 6 nitrogen and oxygen atoms in total. The number of H-pyrrole nitrogens is 1. The molecule has 3 N–H and O–H groups in total. The van der Waals surface area contributed by atoms with Crippen LogP contribution in [0.3, 0.4) is 0 Å². The molecule has 0 saturated carbocycles. The van der Waals surface area contributed by atoms with Crippen LogP contribution in [0.15, 0.2) is 0 Å². The molecule has 2 heterocycles. The van der Waals surface area contributed by atoms with E-state index in [1.807, 2.05) is 0 Å². The lowest BCUT2D eigenvalue weighted by Gasteiger charge is -2.13. The lowest BCUT2D eigenvalue weighted by molar-refractivity contribution is 0.159. The monoisotopic (exact) mass is 238 g/mol. The number of nitrogens with zero attached hydrogens (tertiary/aromatic N) is 1. The fourth-order valence-corrected chi connectivity index (χ4v) is 1.77. The van der Waals surface area contributed by atoms with Crippen LogP contribution in [0.4, 0.5) is 10.6 Å². The Labute approximate surface area is 100 Å². The first-order valence-corrected chi connectivity index (χ1v) is 6.02. The number of anilines is 1. The third kappa shape index (κ3) is 2.97. The quantitative estimate of drug-likeness (QED) is 0.693. The van der Waals surface area contributed by atoms with E-state index in [9.17, 15) is 4.79 Å². The van der Waals surface area contributed by atoms with Gasteiger partial charge in [0.1, 0.15) is 0 Å². The van der Waals surface area contributed by atoms with E-state index in [-0.39, 0.29) is 0 Å². The van der Waals surface area contributed by atoms with Crippen LogP contribution in [-0.2, 0) is 17.7 Å². The average Bonchev–Trinajstić information content (AvgIpc) is 2.73. The summed E-state index contributed by atoms with van der Waals surface area (Å²) in [7, 11) is 0. The summed E-state index contributed by atoms with van der Waals surface area (Å²) in [5.74, 6) is 0.577. The molecule has 6 heteroatoms. The van der Waals surface area contributed by atoms with E-state index in [2.05, 4.69) is 27.8 Å². The number of unbranched alkanes of at least 4 members (excludes halogenated alkanes) is 1. The lowest BCUT2D eigenvalue weighted by Crippen LogP contribution is -2.24. The molecule has 2 rings (SSSR count). The van der Waals surface area contributed by atoms with Crippen LogP contribution in [0.25, 0.3) is 0 Å². The zero-order valence-corrected chi connectivity index (χ0v) is 10.0. The number of aromatic nitrogens is 2. The van der Waals surface area contributed by atoms with Crippen molar-refractivity contribution in [3.05, 3.63) is 11.3 Å². The number of rotatable bonds is 4. The van der Waals surface area contributed by atoms with Gasteiger partial charge in [-0.05, 0) is 6.42 Å². The first-order valence-electron chi connectivity index (χ1n) is 6.02. The highest BCUT2D eigenvalue weighted by Gasteiger charge is 2.18. The zero-order chi connectivity index (χ0) is 12.1. The number of amides is 1. The van der Waals surface area contributed by atoms with E-state index < -0.39 is 6.09 Å². The lowest BCUT2D eigenvalue weighted by atomic mass is 10.1. The van der Waals surface area contributed by atoms with Gasteiger partial charge in [0.25, 0.3) is 0 Å². The minimum absolute atomic E-state index is 0.432. The summed E-state index contributed by atoms with van der Waals surface area (Å²) in [5, 5.41) is 12.9. The second kappa shape index (κ2) is 5.67. The number of ether oxygens (including phenoxy) is 1. The van der Waals surface area contributed by atoms with Crippen LogP contribution >= 0.6 is 0 Å². The Kier molecular flexibility index (Phi) is 3.98. The van der Waals surface area contributed by atoms with Gasteiger partial charge in [0.15, 0.2) is 5.82 Å². The fraction of sp³-hybridized carbons (Fsp3) is 0.636. The highest BCUT2D eigenvalue weighted by atomic mass is 16.5. The summed E-state index contributed by atoms with van der Waals surface area (Å²) >= 11 is 0. The molecule has 0 bridgehead atoms. The molecule has 0 spiro atoms. The molecule has 1 amide bonds. The SMILES string of the molecule is CCCCOC(=O)Nc1n[nH]c2c1CNCC2. The summed E-state index contributed by atoms with van der Waals surface area (Å²) in [6, 6.07) is 0. The summed E-state index contributed by atoms with van der Waals surface area (Å²) in [5.41, 5.74) is 2.12. The first kappa shape index (κ1) is 11.9. The van der Waals surface area contributed by atoms with Gasteiger partial charge in [-0.25, -0.2) is 4.79 Å². The van der Waals surface area contributed by atoms with Gasteiger partial charge in [0, 0.05) is 30.8 Å². The molecule has 17 heavy (non-hydrogen) atoms. The second-order valence-corrected chi connectivity index (χ2v) is 4.07. The maximum atomic E-state index is 11.5. The minimum Gasteiger partial charge on any atom is -0.449 e. The standard InChI is InChI=1S/C11H18N4O2/c1-2-3-6-17-11(16)13-10-8-7-12-5-4-9(8)14-15-10/h12H,2-7H2,1H3,(H2,13,14,15,16). The molecule has 0 aromatic carbocycles. The van der Waals surface area contributed by atoms with Gasteiger partial charge in [-0.1, -0.05) is 13.3 Å². The molecule has 0 unspecified atom stereocenters. The summed E-state index contributed by atoms with van der Waals surface area (Å²) in [4.78, 5) is 11.5. The van der Waals surface area contributed by atoms with E-state index in [1.165, 1.54) is 0 Å². The van der Waals surface area contributed by atoms with E-state index in [1.54, 1.807) is 0 Å². The van der Waals surface area contributed by atoms with Crippen LogP contribution in [0.1, 0.15) is 31.0 Å². The van der Waals surface area contributed by atoms with Gasteiger partial charge in [0.2, 0.25) is 0 Å². The van der Waals surface area contributed by atoms with Gasteiger partial charge in [-0.2, -0.15) is 5.10 Å². The van der Waals surface area contributed by atoms with Crippen molar-refractivity contribution in [2.45, 2.75) is 32.7 Å². The first-order chi connectivity index (χ1) is 8.31. The van der Waals surface area contributed by atoms with Crippen LogP contribution in [0, 0.1) is 0 Å². The van der Waals surface area contributed by atoms with Crippen molar-refractivity contribution in [3.63, 3.8) is 0 Å². The smallest absolute Gasteiger partial charge is 0.412 e. The van der Waals surface area contributed by atoms with Gasteiger partial charge in [-0.15, -0.1) is 0 Å². The highest BCUT2D eigenvalue weighted by molar-refractivity contribution is 5.84. The minimum atomic E-state index is -0.432. The maximum absolute atomic E-state index is 11.5. The Hall–Kier alpha value is -1.56. The molecule has 1 aromatic rings. The molecule has 0 aliphatic carbocycles. The Bertz CT molecular complexity index is 389. The molecule has 1 aliphatic rings. The van der Waals surface area contributed by atoms with Gasteiger partial charge >= 0.3 is 6.09 Å². The van der Waals surface area contributed by atoms with Crippen molar-refractivity contribution in [2.24, 2.45) is 0 Å². The molecule has 0 fully saturated rings. The van der Waals surface area contributed by atoms with Crippen molar-refractivity contribution in [3.8, 4) is 0 Å². The average molecular weight is 238 g/mol. The van der Waals surface area contributed by atoms with E-state index >= 15 is 0 Å². The maximum Gasteiger partial charge on any atom is 0.412 e. The van der Waals surface area contributed by atoms with Crippen molar-refractivity contribution in [2.75, 3.05) is 18.5 Å². The number of fused-ring (bicyclic) bond motifs is 1. The zero-order valence-electron chi connectivity index (χ0n) is 10.0. The number of aromatic amines is 1. The second-order valence-electron chi connectivity index (χ2n) is 4.07. The summed E-state index contributed by atoms with van der Waals surface area (Å²) < 4.78 is 5.02. The molecular weight excluding hydrogens is 220 g/mol. The van der Waals surface area contributed by atoms with Crippen LogP contribution < -0.4 is 10.6 Å². The van der Waals surface area contributed by atoms with Crippen LogP contribution in [0.2, 0.25) is 0 Å². The molecule has 1 aromatic heterocycles. The highest BCUT2D eigenvalue weighted by Crippen LogP contribution is 2.19. The normalized spacial score (nSPS) is 14.2. The summed E-state index contributed by atoms with van der Waals surface area (Å²) in [6.07, 6.45) is 2.37. The number of hydrogen-bond donors (Lipinski definition) is 3. The molecule has 0 saturated heterocycles. The Morgan fingerprint density at radius 3 is 3.29 bits per heavy atom. The predicted molar refractivity (Wildman–Crippen MR) is 63.9 cm³/mol. The Balaban J connectivity index is 1.90. The molecule has 0 atom stereocenters. The van der Waals surface area contributed by atoms with E-state index in [0.717, 1.165) is 43.6 Å². The van der Waals surface area contributed by atoms with Gasteiger partial charge in [0.05, 0.1) is 6.61 Å².